The van der Waals surface area contributed by atoms with E-state index in [2.05, 4.69) is 21.8 Å². The number of hydrogen-bond acceptors (Lipinski definition) is 6. The minimum Gasteiger partial charge on any atom is -0.496 e. The smallest absolute Gasteiger partial charge is 0.255 e. The molecule has 0 bridgehead atoms. The fourth-order valence-corrected chi connectivity index (χ4v) is 3.06. The van der Waals surface area contributed by atoms with Crippen LogP contribution in [0.1, 0.15) is 21.5 Å². The molecule has 0 radical (unpaired) electrons. The molecule has 3 rings (SSSR count). The zero-order valence-electron chi connectivity index (χ0n) is 15.9. The number of nitrogens with one attached hydrogen (secondary N) is 2. The van der Waals surface area contributed by atoms with Crippen molar-refractivity contribution >= 4 is 23.2 Å². The van der Waals surface area contributed by atoms with Crippen LogP contribution in [0.4, 0.5) is 10.1 Å². The summed E-state index contributed by atoms with van der Waals surface area (Å²) in [4.78, 5) is 16.6. The van der Waals surface area contributed by atoms with Gasteiger partial charge in [0.2, 0.25) is 0 Å². The second kappa shape index (κ2) is 9.22. The fourth-order valence-electron chi connectivity index (χ4n) is 2.87. The molecule has 0 fully saturated rings. The molecule has 4 N–H and O–H groups in total. The molecule has 0 unspecified atom stereocenters. The van der Waals surface area contributed by atoms with Crippen LogP contribution < -0.4 is 21.3 Å². The topological polar surface area (TPSA) is 113 Å². The summed E-state index contributed by atoms with van der Waals surface area (Å²) in [7, 11) is 1.41. The number of rotatable bonds is 6. The fraction of sp³-hybridized carbons (Fsp3) is 0.0952. The summed E-state index contributed by atoms with van der Waals surface area (Å²) in [5.41, 5.74) is 5.02. The average Bonchev–Trinajstić information content (AvgIpc) is 2.77. The zero-order chi connectivity index (χ0) is 21.7. The number of nitriles is 1. The summed E-state index contributed by atoms with van der Waals surface area (Å²) in [6, 6.07) is 14.3. The van der Waals surface area contributed by atoms with Crippen LogP contribution in [-0.2, 0) is 6.54 Å². The largest absolute Gasteiger partial charge is 0.496 e. The van der Waals surface area contributed by atoms with E-state index < -0.39 is 11.7 Å². The third kappa shape index (κ3) is 4.49. The number of hydrogen-bond donors (Lipinski definition) is 3. The van der Waals surface area contributed by atoms with Gasteiger partial charge in [-0.05, 0) is 23.8 Å². The number of nitrogen functional groups attached to an aromatic ring is 1. The maximum atomic E-state index is 13.5. The van der Waals surface area contributed by atoms with Gasteiger partial charge in [-0.25, -0.2) is 9.37 Å². The summed E-state index contributed by atoms with van der Waals surface area (Å²) < 4.78 is 18.6. The number of nitrogens with zero attached hydrogens (tertiary/aromatic N) is 2. The molecule has 0 atom stereocenters. The summed E-state index contributed by atoms with van der Waals surface area (Å²) >= 11 is 6.02. The van der Waals surface area contributed by atoms with E-state index in [0.29, 0.717) is 16.9 Å². The van der Waals surface area contributed by atoms with E-state index in [1.165, 1.54) is 25.3 Å². The lowest BCUT2D eigenvalue weighted by Crippen LogP contribution is -2.23. The third-order valence-electron chi connectivity index (χ3n) is 4.34. The van der Waals surface area contributed by atoms with Gasteiger partial charge in [0.05, 0.1) is 24.1 Å². The number of anilines is 1. The second-order valence-electron chi connectivity index (χ2n) is 6.20. The number of carbonyl (C=O) groups is 1. The molecule has 0 saturated heterocycles. The molecule has 0 aliphatic carbocycles. The zero-order valence-corrected chi connectivity index (χ0v) is 16.6. The summed E-state index contributed by atoms with van der Waals surface area (Å²) in [6.45, 7) is 0.211. The van der Waals surface area contributed by atoms with Gasteiger partial charge in [0, 0.05) is 18.2 Å². The Kier molecular flexibility index (Phi) is 6.47. The van der Waals surface area contributed by atoms with E-state index >= 15 is 0 Å². The van der Waals surface area contributed by atoms with E-state index in [1.54, 1.807) is 24.3 Å². The van der Waals surface area contributed by atoms with E-state index in [0.717, 1.165) is 11.6 Å². The van der Waals surface area contributed by atoms with Gasteiger partial charge in [-0.15, -0.1) is 0 Å². The van der Waals surface area contributed by atoms with Gasteiger partial charge in [-0.2, -0.15) is 5.26 Å². The lowest BCUT2D eigenvalue weighted by Gasteiger charge is -2.11. The highest BCUT2D eigenvalue weighted by Gasteiger charge is 2.15. The standard InChI is InChI=1S/C21H17ClFN5O2/c1-30-18-7-6-14(23)8-15(18)21(29)26-11-12-2-4-13(5-3-12)20-16(10-24)17(28-25)9-19(22)27-20/h2-9H,11,25H2,1H3,(H,26,29)(H,27,28). The molecular formula is C21H17ClFN5O2. The first-order valence-corrected chi connectivity index (χ1v) is 9.13. The predicted molar refractivity (Wildman–Crippen MR) is 111 cm³/mol. The second-order valence-corrected chi connectivity index (χ2v) is 6.58. The van der Waals surface area contributed by atoms with Crippen molar-refractivity contribution in [3.8, 4) is 23.1 Å². The molecular weight excluding hydrogens is 409 g/mol. The highest BCUT2D eigenvalue weighted by Crippen LogP contribution is 2.29. The average molecular weight is 426 g/mol. The Balaban J connectivity index is 1.78. The molecule has 0 aliphatic heterocycles. The van der Waals surface area contributed by atoms with Crippen molar-refractivity contribution in [2.45, 2.75) is 6.54 Å². The summed E-state index contributed by atoms with van der Waals surface area (Å²) in [6.07, 6.45) is 0. The number of pyridine rings is 1. The number of methoxy groups -OCH3 is 1. The Hall–Kier alpha value is -3.67. The van der Waals surface area contributed by atoms with E-state index in [1.807, 2.05) is 0 Å². The molecule has 0 aliphatic rings. The third-order valence-corrected chi connectivity index (χ3v) is 4.54. The molecule has 2 aromatic carbocycles. The summed E-state index contributed by atoms with van der Waals surface area (Å²) in [5.74, 6) is 4.74. The molecule has 0 spiro atoms. The number of amides is 1. The highest BCUT2D eigenvalue weighted by atomic mass is 35.5. The first kappa shape index (κ1) is 21.0. The van der Waals surface area contributed by atoms with Gasteiger partial charge in [0.1, 0.15) is 28.4 Å². The SMILES string of the molecule is COc1ccc(F)cc1C(=O)NCc1ccc(-c2nc(Cl)cc(NN)c2C#N)cc1. The molecule has 1 amide bonds. The monoisotopic (exact) mass is 425 g/mol. The predicted octanol–water partition coefficient (Wildman–Crippen LogP) is 3.64. The number of nitrogens with two attached hydrogens (primary N) is 1. The van der Waals surface area contributed by atoms with Crippen LogP contribution in [0.25, 0.3) is 11.3 Å². The van der Waals surface area contributed by atoms with E-state index in [4.69, 9.17) is 22.2 Å². The quantitative estimate of drug-likeness (QED) is 0.315. The molecule has 0 saturated carbocycles. The number of ether oxygens (including phenoxy) is 1. The highest BCUT2D eigenvalue weighted by molar-refractivity contribution is 6.29. The van der Waals surface area contributed by atoms with Crippen LogP contribution in [0, 0.1) is 17.1 Å². The minimum absolute atomic E-state index is 0.109. The Morgan fingerprint density at radius 2 is 2.00 bits per heavy atom. The molecule has 9 heteroatoms. The maximum Gasteiger partial charge on any atom is 0.255 e. The normalized spacial score (nSPS) is 10.2. The molecule has 30 heavy (non-hydrogen) atoms. The van der Waals surface area contributed by atoms with Crippen LogP contribution in [0.3, 0.4) is 0 Å². The molecule has 3 aromatic rings. The van der Waals surface area contributed by atoms with Crippen molar-refractivity contribution in [1.82, 2.24) is 10.3 Å². The van der Waals surface area contributed by atoms with E-state index in [-0.39, 0.29) is 28.6 Å². The number of benzene rings is 2. The van der Waals surface area contributed by atoms with Crippen LogP contribution in [0.2, 0.25) is 5.15 Å². The number of aromatic nitrogens is 1. The minimum atomic E-state index is -0.529. The van der Waals surface area contributed by atoms with Crippen LogP contribution >= 0.6 is 11.6 Å². The van der Waals surface area contributed by atoms with Gasteiger partial charge >= 0.3 is 0 Å². The van der Waals surface area contributed by atoms with Gasteiger partial charge in [-0.1, -0.05) is 35.9 Å². The van der Waals surface area contributed by atoms with Crippen LogP contribution in [-0.4, -0.2) is 18.0 Å². The Morgan fingerprint density at radius 3 is 2.63 bits per heavy atom. The van der Waals surface area contributed by atoms with Crippen LogP contribution in [0.15, 0.2) is 48.5 Å². The Morgan fingerprint density at radius 1 is 1.27 bits per heavy atom. The molecule has 1 aromatic heterocycles. The molecule has 1 heterocycles. The first-order chi connectivity index (χ1) is 14.5. The summed E-state index contributed by atoms with van der Waals surface area (Å²) in [5, 5.41) is 12.4. The lowest BCUT2D eigenvalue weighted by atomic mass is 10.0. The van der Waals surface area contributed by atoms with Crippen LogP contribution in [0.5, 0.6) is 5.75 Å². The number of hydrazine groups is 1. The van der Waals surface area contributed by atoms with Crippen molar-refractivity contribution < 1.29 is 13.9 Å². The lowest BCUT2D eigenvalue weighted by molar-refractivity contribution is 0.0947. The maximum absolute atomic E-state index is 13.5. The first-order valence-electron chi connectivity index (χ1n) is 8.75. The molecule has 7 nitrogen and oxygen atoms in total. The van der Waals surface area contributed by atoms with Crippen molar-refractivity contribution in [1.29, 1.82) is 5.26 Å². The number of halogens is 2. The Labute approximate surface area is 177 Å². The van der Waals surface area contributed by atoms with Crippen molar-refractivity contribution in [2.24, 2.45) is 5.84 Å². The van der Waals surface area contributed by atoms with Gasteiger partial charge in [-0.3, -0.25) is 10.6 Å². The van der Waals surface area contributed by atoms with E-state index in [9.17, 15) is 14.4 Å². The Bertz CT molecular complexity index is 1130. The van der Waals surface area contributed by atoms with Gasteiger partial charge in [0.25, 0.3) is 5.91 Å². The van der Waals surface area contributed by atoms with Gasteiger partial charge < -0.3 is 15.5 Å². The molecule has 152 valence electrons. The number of carbonyl (C=O) groups excluding carboxylic acids is 1. The van der Waals surface area contributed by atoms with Crippen molar-refractivity contribution in [2.75, 3.05) is 12.5 Å². The van der Waals surface area contributed by atoms with Crippen molar-refractivity contribution in [3.05, 3.63) is 76.2 Å². The van der Waals surface area contributed by atoms with Crippen molar-refractivity contribution in [3.63, 3.8) is 0 Å². The van der Waals surface area contributed by atoms with Gasteiger partial charge in [0.15, 0.2) is 0 Å².